The Hall–Kier alpha value is -2.82. The van der Waals surface area contributed by atoms with Gasteiger partial charge in [0.25, 0.3) is 5.91 Å². The zero-order valence-electron chi connectivity index (χ0n) is 14.0. The minimum Gasteiger partial charge on any atom is -0.369 e. The lowest BCUT2D eigenvalue weighted by Crippen LogP contribution is -2.35. The summed E-state index contributed by atoms with van der Waals surface area (Å²) < 4.78 is 0. The number of hydrogen-bond acceptors (Lipinski definition) is 3. The molecule has 25 heavy (non-hydrogen) atoms. The van der Waals surface area contributed by atoms with Gasteiger partial charge in [-0.15, -0.1) is 0 Å². The highest BCUT2D eigenvalue weighted by Crippen LogP contribution is 2.28. The van der Waals surface area contributed by atoms with Crippen LogP contribution >= 0.6 is 0 Å². The van der Waals surface area contributed by atoms with Crippen molar-refractivity contribution in [3.63, 3.8) is 0 Å². The Balaban J connectivity index is 1.29. The molecule has 5 heteroatoms. The van der Waals surface area contributed by atoms with Crippen molar-refractivity contribution in [2.24, 2.45) is 0 Å². The van der Waals surface area contributed by atoms with Crippen LogP contribution in [0.2, 0.25) is 0 Å². The lowest BCUT2D eigenvalue weighted by atomic mass is 10.0. The number of fused-ring (bicyclic) bond motifs is 2. The molecule has 2 aliphatic rings. The molecule has 0 bridgehead atoms. The number of para-hydroxylation sites is 1. The Morgan fingerprint density at radius 3 is 2.88 bits per heavy atom. The number of rotatable bonds is 5. The molecule has 0 saturated carbocycles. The van der Waals surface area contributed by atoms with Crippen LogP contribution in [0.15, 0.2) is 48.5 Å². The van der Waals surface area contributed by atoms with Crippen LogP contribution in [0.4, 0.5) is 5.69 Å². The molecule has 2 aromatic carbocycles. The minimum absolute atomic E-state index is 0.0329. The molecular formula is C20H21N3O2. The van der Waals surface area contributed by atoms with Crippen molar-refractivity contribution in [3.05, 3.63) is 65.2 Å². The molecular weight excluding hydrogens is 314 g/mol. The molecule has 2 heterocycles. The standard InChI is InChI=1S/C20H21N3O2/c24-19(13-17-15-6-2-3-7-16(15)20(25)22-17)21-10-12-23-11-9-14-5-1-4-8-18(14)23/h1-8,17H,9-13H2,(H,21,24)(H,22,25). The van der Waals surface area contributed by atoms with Crippen molar-refractivity contribution in [2.75, 3.05) is 24.5 Å². The van der Waals surface area contributed by atoms with Crippen LogP contribution in [0.3, 0.4) is 0 Å². The first kappa shape index (κ1) is 15.7. The molecule has 1 atom stereocenters. The van der Waals surface area contributed by atoms with Gasteiger partial charge in [0.2, 0.25) is 5.91 Å². The molecule has 0 aliphatic carbocycles. The molecule has 0 fully saturated rings. The van der Waals surface area contributed by atoms with Crippen molar-refractivity contribution in [1.29, 1.82) is 0 Å². The summed E-state index contributed by atoms with van der Waals surface area (Å²) >= 11 is 0. The van der Waals surface area contributed by atoms with Crippen molar-refractivity contribution >= 4 is 17.5 Å². The Bertz CT molecular complexity index is 818. The number of nitrogens with zero attached hydrogens (tertiary/aromatic N) is 1. The van der Waals surface area contributed by atoms with Crippen LogP contribution in [-0.2, 0) is 11.2 Å². The summed E-state index contributed by atoms with van der Waals surface area (Å²) in [6.07, 6.45) is 1.34. The first-order chi connectivity index (χ1) is 12.2. The molecule has 2 N–H and O–H groups in total. The van der Waals surface area contributed by atoms with Crippen LogP contribution in [0, 0.1) is 0 Å². The summed E-state index contributed by atoms with van der Waals surface area (Å²) in [6.45, 7) is 2.41. The highest BCUT2D eigenvalue weighted by molar-refractivity contribution is 5.99. The van der Waals surface area contributed by atoms with Crippen LogP contribution in [0.1, 0.15) is 33.9 Å². The molecule has 2 aliphatic heterocycles. The Morgan fingerprint density at radius 1 is 1.16 bits per heavy atom. The second-order valence-corrected chi connectivity index (χ2v) is 6.53. The summed E-state index contributed by atoms with van der Waals surface area (Å²) in [5, 5.41) is 5.87. The fourth-order valence-corrected chi connectivity index (χ4v) is 3.71. The predicted molar refractivity (Wildman–Crippen MR) is 96.6 cm³/mol. The van der Waals surface area contributed by atoms with E-state index in [0.717, 1.165) is 25.1 Å². The number of hydrogen-bond donors (Lipinski definition) is 2. The number of amides is 2. The lowest BCUT2D eigenvalue weighted by molar-refractivity contribution is -0.121. The third kappa shape index (κ3) is 3.09. The average Bonchev–Trinajstić information content (AvgIpc) is 3.17. The molecule has 1 unspecified atom stereocenters. The minimum atomic E-state index is -0.226. The van der Waals surface area contributed by atoms with Gasteiger partial charge in [-0.3, -0.25) is 9.59 Å². The molecule has 0 saturated heterocycles. The summed E-state index contributed by atoms with van der Waals surface area (Å²) in [7, 11) is 0. The van der Waals surface area contributed by atoms with E-state index < -0.39 is 0 Å². The number of anilines is 1. The molecule has 2 aromatic rings. The number of carbonyl (C=O) groups excluding carboxylic acids is 2. The van der Waals surface area contributed by atoms with Crippen LogP contribution < -0.4 is 15.5 Å². The molecule has 128 valence electrons. The highest BCUT2D eigenvalue weighted by atomic mass is 16.2. The van der Waals surface area contributed by atoms with Crippen molar-refractivity contribution in [1.82, 2.24) is 10.6 Å². The Kier molecular flexibility index (Phi) is 4.14. The number of nitrogens with one attached hydrogen (secondary N) is 2. The summed E-state index contributed by atoms with van der Waals surface area (Å²) in [4.78, 5) is 26.5. The van der Waals surface area contributed by atoms with Gasteiger partial charge >= 0.3 is 0 Å². The van der Waals surface area contributed by atoms with Gasteiger partial charge in [0.05, 0.1) is 12.5 Å². The predicted octanol–water partition coefficient (Wildman–Crippen LogP) is 2.04. The summed E-state index contributed by atoms with van der Waals surface area (Å²) in [6, 6.07) is 15.6. The third-order valence-corrected chi connectivity index (χ3v) is 4.96. The number of benzene rings is 2. The van der Waals surface area contributed by atoms with Gasteiger partial charge in [-0.2, -0.15) is 0 Å². The van der Waals surface area contributed by atoms with E-state index in [9.17, 15) is 9.59 Å². The zero-order chi connectivity index (χ0) is 17.2. The van der Waals surface area contributed by atoms with E-state index in [2.05, 4.69) is 39.8 Å². The zero-order valence-corrected chi connectivity index (χ0v) is 14.0. The highest BCUT2D eigenvalue weighted by Gasteiger charge is 2.29. The van der Waals surface area contributed by atoms with Crippen molar-refractivity contribution < 1.29 is 9.59 Å². The summed E-state index contributed by atoms with van der Waals surface area (Å²) in [5.41, 5.74) is 4.23. The molecule has 0 spiro atoms. The summed E-state index contributed by atoms with van der Waals surface area (Å²) in [5.74, 6) is -0.128. The quantitative estimate of drug-likeness (QED) is 0.879. The van der Waals surface area contributed by atoms with Gasteiger partial charge < -0.3 is 15.5 Å². The van der Waals surface area contributed by atoms with E-state index in [1.54, 1.807) is 6.07 Å². The van der Waals surface area contributed by atoms with Crippen LogP contribution in [0.25, 0.3) is 0 Å². The van der Waals surface area contributed by atoms with Gasteiger partial charge in [0.1, 0.15) is 0 Å². The maximum Gasteiger partial charge on any atom is 0.252 e. The SMILES string of the molecule is O=C(CC1NC(=O)c2ccccc21)NCCN1CCc2ccccc21. The van der Waals surface area contributed by atoms with E-state index in [-0.39, 0.29) is 24.3 Å². The first-order valence-electron chi connectivity index (χ1n) is 8.72. The number of carbonyl (C=O) groups is 2. The fraction of sp³-hybridized carbons (Fsp3) is 0.300. The molecule has 2 amide bonds. The molecule has 4 rings (SSSR count). The van der Waals surface area contributed by atoms with Gasteiger partial charge in [-0.25, -0.2) is 0 Å². The average molecular weight is 335 g/mol. The Labute approximate surface area is 147 Å². The smallest absolute Gasteiger partial charge is 0.252 e. The second-order valence-electron chi connectivity index (χ2n) is 6.53. The van der Waals surface area contributed by atoms with Gasteiger partial charge in [0.15, 0.2) is 0 Å². The monoisotopic (exact) mass is 335 g/mol. The van der Waals surface area contributed by atoms with E-state index in [1.807, 2.05) is 18.2 Å². The van der Waals surface area contributed by atoms with Gasteiger partial charge in [-0.1, -0.05) is 36.4 Å². The maximum atomic E-state index is 12.3. The van der Waals surface area contributed by atoms with Gasteiger partial charge in [-0.05, 0) is 29.7 Å². The van der Waals surface area contributed by atoms with E-state index >= 15 is 0 Å². The Morgan fingerprint density at radius 2 is 1.96 bits per heavy atom. The van der Waals surface area contributed by atoms with E-state index in [0.29, 0.717) is 12.1 Å². The van der Waals surface area contributed by atoms with Gasteiger partial charge in [0, 0.05) is 30.9 Å². The first-order valence-corrected chi connectivity index (χ1v) is 8.72. The molecule has 0 radical (unpaired) electrons. The third-order valence-electron chi connectivity index (χ3n) is 4.96. The van der Waals surface area contributed by atoms with Crippen molar-refractivity contribution in [3.8, 4) is 0 Å². The van der Waals surface area contributed by atoms with E-state index in [1.165, 1.54) is 11.3 Å². The lowest BCUT2D eigenvalue weighted by Gasteiger charge is -2.20. The molecule has 0 aromatic heterocycles. The van der Waals surface area contributed by atoms with Crippen LogP contribution in [0.5, 0.6) is 0 Å². The molecule has 5 nitrogen and oxygen atoms in total. The van der Waals surface area contributed by atoms with Crippen molar-refractivity contribution in [2.45, 2.75) is 18.9 Å². The largest absolute Gasteiger partial charge is 0.369 e. The van der Waals surface area contributed by atoms with E-state index in [4.69, 9.17) is 0 Å². The maximum absolute atomic E-state index is 12.3. The second kappa shape index (κ2) is 6.59. The topological polar surface area (TPSA) is 61.4 Å². The normalized spacial score (nSPS) is 17.8. The van der Waals surface area contributed by atoms with Crippen LogP contribution in [-0.4, -0.2) is 31.4 Å². The fourth-order valence-electron chi connectivity index (χ4n) is 3.71.